The van der Waals surface area contributed by atoms with Gasteiger partial charge in [-0.2, -0.15) is 0 Å². The topological polar surface area (TPSA) is 52.7 Å². The summed E-state index contributed by atoms with van der Waals surface area (Å²) in [6, 6.07) is -0.189. The van der Waals surface area contributed by atoms with Crippen LogP contribution in [0.2, 0.25) is 0 Å². The van der Waals surface area contributed by atoms with Gasteiger partial charge in [-0.15, -0.1) is 0 Å². The SMILES string of the molecule is CN(C)C(C)(C)CNC1CC(=O)N(C2CCCCC2)C1=O. The molecule has 1 aliphatic heterocycles. The molecule has 5 nitrogen and oxygen atoms in total. The van der Waals surface area contributed by atoms with Crippen molar-refractivity contribution >= 4 is 11.8 Å². The normalized spacial score (nSPS) is 25.2. The zero-order chi connectivity index (χ0) is 15.6. The lowest BCUT2D eigenvalue weighted by molar-refractivity contribution is -0.142. The average Bonchev–Trinajstić information content (AvgIpc) is 2.72. The Kier molecular flexibility index (Phi) is 5.04. The summed E-state index contributed by atoms with van der Waals surface area (Å²) in [5, 5.41) is 3.30. The zero-order valence-electron chi connectivity index (χ0n) is 13.8. The van der Waals surface area contributed by atoms with E-state index in [1.54, 1.807) is 4.90 Å². The highest BCUT2D eigenvalue weighted by Crippen LogP contribution is 2.27. The molecule has 1 unspecified atom stereocenters. The number of likely N-dealkylation sites (tertiary alicyclic amines) is 1. The first kappa shape index (κ1) is 16.4. The standard InChI is InChI=1S/C16H29N3O2/c1-16(2,18(3)4)11-17-13-10-14(20)19(15(13)21)12-8-6-5-7-9-12/h12-13,17H,5-11H2,1-4H3. The van der Waals surface area contributed by atoms with E-state index in [0.717, 1.165) is 25.7 Å². The molecule has 1 saturated carbocycles. The van der Waals surface area contributed by atoms with E-state index in [2.05, 4.69) is 24.1 Å². The number of carbonyl (C=O) groups is 2. The van der Waals surface area contributed by atoms with Crippen LogP contribution in [0.15, 0.2) is 0 Å². The Morgan fingerprint density at radius 1 is 1.19 bits per heavy atom. The lowest BCUT2D eigenvalue weighted by Gasteiger charge is -2.34. The van der Waals surface area contributed by atoms with Gasteiger partial charge in [0.05, 0.1) is 12.5 Å². The molecular weight excluding hydrogens is 266 g/mol. The molecule has 1 heterocycles. The first-order valence-electron chi connectivity index (χ1n) is 8.09. The van der Waals surface area contributed by atoms with E-state index in [1.165, 1.54) is 6.42 Å². The monoisotopic (exact) mass is 295 g/mol. The van der Waals surface area contributed by atoms with E-state index >= 15 is 0 Å². The van der Waals surface area contributed by atoms with Crippen molar-refractivity contribution in [2.75, 3.05) is 20.6 Å². The predicted octanol–water partition coefficient (Wildman–Crippen LogP) is 1.38. The van der Waals surface area contributed by atoms with Gasteiger partial charge in [0, 0.05) is 18.1 Å². The van der Waals surface area contributed by atoms with Crippen LogP contribution in [-0.4, -0.2) is 59.9 Å². The zero-order valence-corrected chi connectivity index (χ0v) is 13.8. The smallest absolute Gasteiger partial charge is 0.247 e. The molecule has 1 atom stereocenters. The van der Waals surface area contributed by atoms with E-state index in [4.69, 9.17) is 0 Å². The van der Waals surface area contributed by atoms with Crippen LogP contribution in [0, 0.1) is 0 Å². The summed E-state index contributed by atoms with van der Waals surface area (Å²) < 4.78 is 0. The van der Waals surface area contributed by atoms with E-state index in [9.17, 15) is 9.59 Å². The molecule has 1 aliphatic carbocycles. The Balaban J connectivity index is 1.94. The summed E-state index contributed by atoms with van der Waals surface area (Å²) in [5.74, 6) is -0.00600. The maximum atomic E-state index is 12.5. The van der Waals surface area contributed by atoms with Gasteiger partial charge in [-0.3, -0.25) is 14.5 Å². The highest BCUT2D eigenvalue weighted by molar-refractivity contribution is 6.05. The van der Waals surface area contributed by atoms with Gasteiger partial charge < -0.3 is 10.2 Å². The number of imide groups is 1. The predicted molar refractivity (Wildman–Crippen MR) is 82.9 cm³/mol. The molecule has 1 saturated heterocycles. The van der Waals surface area contributed by atoms with Crippen molar-refractivity contribution < 1.29 is 9.59 Å². The first-order valence-corrected chi connectivity index (χ1v) is 8.09. The van der Waals surface area contributed by atoms with Crippen LogP contribution in [-0.2, 0) is 9.59 Å². The molecule has 2 aliphatic rings. The molecule has 0 spiro atoms. The molecule has 2 rings (SSSR count). The van der Waals surface area contributed by atoms with Crippen LogP contribution >= 0.6 is 0 Å². The van der Waals surface area contributed by atoms with E-state index < -0.39 is 0 Å². The van der Waals surface area contributed by atoms with Crippen molar-refractivity contribution in [1.29, 1.82) is 0 Å². The summed E-state index contributed by atoms with van der Waals surface area (Å²) in [4.78, 5) is 28.4. The quantitative estimate of drug-likeness (QED) is 0.779. The van der Waals surface area contributed by atoms with Gasteiger partial charge in [-0.05, 0) is 40.8 Å². The summed E-state index contributed by atoms with van der Waals surface area (Å²) in [5.41, 5.74) is -0.0401. The van der Waals surface area contributed by atoms with Crippen molar-refractivity contribution in [2.24, 2.45) is 0 Å². The minimum absolute atomic E-state index is 0.00654. The molecule has 0 bridgehead atoms. The van der Waals surface area contributed by atoms with Gasteiger partial charge in [-0.1, -0.05) is 19.3 Å². The second-order valence-electron chi connectivity index (χ2n) is 7.24. The van der Waals surface area contributed by atoms with Gasteiger partial charge in [0.1, 0.15) is 0 Å². The Bertz CT molecular complexity index is 400. The number of nitrogens with one attached hydrogen (secondary N) is 1. The average molecular weight is 295 g/mol. The maximum Gasteiger partial charge on any atom is 0.247 e. The third-order valence-corrected chi connectivity index (χ3v) is 5.11. The maximum absolute atomic E-state index is 12.5. The highest BCUT2D eigenvalue weighted by atomic mass is 16.2. The van der Waals surface area contributed by atoms with Gasteiger partial charge in [0.25, 0.3) is 0 Å². The van der Waals surface area contributed by atoms with Gasteiger partial charge in [0.15, 0.2) is 0 Å². The third kappa shape index (κ3) is 3.64. The Morgan fingerprint density at radius 2 is 1.81 bits per heavy atom. The van der Waals surface area contributed by atoms with Crippen molar-refractivity contribution in [3.63, 3.8) is 0 Å². The molecular formula is C16H29N3O2. The lowest BCUT2D eigenvalue weighted by atomic mass is 9.94. The van der Waals surface area contributed by atoms with Gasteiger partial charge in [-0.25, -0.2) is 0 Å². The van der Waals surface area contributed by atoms with Gasteiger partial charge >= 0.3 is 0 Å². The van der Waals surface area contributed by atoms with Crippen molar-refractivity contribution in [3.05, 3.63) is 0 Å². The number of amides is 2. The number of hydrogen-bond acceptors (Lipinski definition) is 4. The van der Waals surface area contributed by atoms with Crippen molar-refractivity contribution in [1.82, 2.24) is 15.1 Å². The summed E-state index contributed by atoms with van der Waals surface area (Å²) in [7, 11) is 4.05. The van der Waals surface area contributed by atoms with Gasteiger partial charge in [0.2, 0.25) is 11.8 Å². The van der Waals surface area contributed by atoms with Crippen LogP contribution < -0.4 is 5.32 Å². The molecule has 0 aromatic heterocycles. The van der Waals surface area contributed by atoms with Crippen LogP contribution in [0.25, 0.3) is 0 Å². The lowest BCUT2D eigenvalue weighted by Crippen LogP contribution is -2.51. The molecule has 0 aromatic carbocycles. The van der Waals surface area contributed by atoms with Crippen LogP contribution in [0.1, 0.15) is 52.4 Å². The number of rotatable bonds is 5. The molecule has 2 fully saturated rings. The highest BCUT2D eigenvalue weighted by Gasteiger charge is 2.42. The molecule has 2 amide bonds. The van der Waals surface area contributed by atoms with Crippen LogP contribution in [0.5, 0.6) is 0 Å². The number of hydrogen-bond donors (Lipinski definition) is 1. The van der Waals surface area contributed by atoms with E-state index in [1.807, 2.05) is 14.1 Å². The summed E-state index contributed by atoms with van der Waals surface area (Å²) in [6.45, 7) is 4.95. The second-order valence-corrected chi connectivity index (χ2v) is 7.24. The van der Waals surface area contributed by atoms with Crippen LogP contribution in [0.3, 0.4) is 0 Å². The molecule has 5 heteroatoms. The molecule has 120 valence electrons. The van der Waals surface area contributed by atoms with Crippen molar-refractivity contribution in [3.8, 4) is 0 Å². The third-order valence-electron chi connectivity index (χ3n) is 5.11. The Hall–Kier alpha value is -0.940. The number of nitrogens with zero attached hydrogens (tertiary/aromatic N) is 2. The van der Waals surface area contributed by atoms with Crippen molar-refractivity contribution in [2.45, 2.75) is 70.0 Å². The minimum Gasteiger partial charge on any atom is -0.304 e. The first-order chi connectivity index (χ1) is 9.83. The van der Waals surface area contributed by atoms with Crippen LogP contribution in [0.4, 0.5) is 0 Å². The minimum atomic E-state index is -0.335. The fourth-order valence-electron chi connectivity index (χ4n) is 3.06. The molecule has 0 aromatic rings. The second kappa shape index (κ2) is 6.44. The van der Waals surface area contributed by atoms with E-state index in [-0.39, 0.29) is 29.4 Å². The Morgan fingerprint density at radius 3 is 2.38 bits per heavy atom. The summed E-state index contributed by atoms with van der Waals surface area (Å²) in [6.07, 6.45) is 5.77. The molecule has 21 heavy (non-hydrogen) atoms. The fourth-order valence-corrected chi connectivity index (χ4v) is 3.06. The molecule has 1 N–H and O–H groups in total. The molecule has 0 radical (unpaired) electrons. The fraction of sp³-hybridized carbons (Fsp3) is 0.875. The Labute approximate surface area is 128 Å². The summed E-state index contributed by atoms with van der Waals surface area (Å²) >= 11 is 0. The van der Waals surface area contributed by atoms with E-state index in [0.29, 0.717) is 13.0 Å². The number of likely N-dealkylation sites (N-methyl/N-ethyl adjacent to an activating group) is 1. The number of carbonyl (C=O) groups excluding carboxylic acids is 2. The largest absolute Gasteiger partial charge is 0.304 e.